The molecule has 27 heavy (non-hydrogen) atoms. The molecule has 0 spiro atoms. The van der Waals surface area contributed by atoms with Crippen LogP contribution in [0.2, 0.25) is 0 Å². The average Bonchev–Trinajstić information content (AvgIpc) is 3.06. The lowest BCUT2D eigenvalue weighted by atomic mass is 10.1. The third kappa shape index (κ3) is 3.58. The first-order valence-corrected chi connectivity index (χ1v) is 9.17. The summed E-state index contributed by atoms with van der Waals surface area (Å²) in [7, 11) is 0. The van der Waals surface area contributed by atoms with Crippen molar-refractivity contribution in [2.75, 3.05) is 18.0 Å². The van der Waals surface area contributed by atoms with Gasteiger partial charge in [-0.1, -0.05) is 6.07 Å². The van der Waals surface area contributed by atoms with Crippen LogP contribution in [0.25, 0.3) is 10.9 Å². The van der Waals surface area contributed by atoms with Crippen LogP contribution >= 0.6 is 0 Å². The minimum Gasteiger partial charge on any atom is -0.490 e. The predicted octanol–water partition coefficient (Wildman–Crippen LogP) is 2.27. The molecular weight excluding hydrogens is 342 g/mol. The van der Waals surface area contributed by atoms with Crippen molar-refractivity contribution in [3.05, 3.63) is 48.5 Å². The van der Waals surface area contributed by atoms with Gasteiger partial charge in [-0.05, 0) is 25.1 Å². The fourth-order valence-electron chi connectivity index (χ4n) is 3.68. The second kappa shape index (κ2) is 7.26. The molecule has 1 aliphatic rings. The van der Waals surface area contributed by atoms with Gasteiger partial charge in [-0.25, -0.2) is 4.98 Å². The Hall–Kier alpha value is -3.09. The molecule has 0 radical (unpaired) electrons. The highest BCUT2D eigenvalue weighted by Gasteiger charge is 2.23. The van der Waals surface area contributed by atoms with Crippen LogP contribution in [-0.2, 0) is 11.3 Å². The maximum Gasteiger partial charge on any atom is 0.237 e. The van der Waals surface area contributed by atoms with Gasteiger partial charge in [0.25, 0.3) is 0 Å². The second-order valence-corrected chi connectivity index (χ2v) is 6.87. The van der Waals surface area contributed by atoms with E-state index in [1.54, 1.807) is 12.4 Å². The lowest BCUT2D eigenvalue weighted by Crippen LogP contribution is -2.39. The Kier molecular flexibility index (Phi) is 4.66. The Morgan fingerprint density at radius 1 is 1.22 bits per heavy atom. The summed E-state index contributed by atoms with van der Waals surface area (Å²) in [5, 5.41) is 1.01. The molecule has 3 heterocycles. The highest BCUT2D eigenvalue weighted by molar-refractivity contribution is 5.87. The van der Waals surface area contributed by atoms with Crippen LogP contribution in [0.4, 0.5) is 5.82 Å². The smallest absolute Gasteiger partial charge is 0.237 e. The van der Waals surface area contributed by atoms with Crippen molar-refractivity contribution in [3.63, 3.8) is 0 Å². The number of carbonyl (C=O) groups is 1. The molecular formula is C20H23N5O2. The lowest BCUT2D eigenvalue weighted by Gasteiger charge is -2.33. The zero-order valence-corrected chi connectivity index (χ0v) is 15.3. The number of anilines is 1. The molecule has 0 bridgehead atoms. The van der Waals surface area contributed by atoms with E-state index in [4.69, 9.17) is 10.5 Å². The number of primary amides is 1. The first-order chi connectivity index (χ1) is 13.1. The van der Waals surface area contributed by atoms with Gasteiger partial charge in [0.2, 0.25) is 5.91 Å². The molecule has 7 nitrogen and oxygen atoms in total. The number of carbonyl (C=O) groups excluding carboxylic acids is 1. The van der Waals surface area contributed by atoms with Crippen LogP contribution < -0.4 is 15.4 Å². The Balaban J connectivity index is 1.46. The highest BCUT2D eigenvalue weighted by atomic mass is 16.5. The van der Waals surface area contributed by atoms with Gasteiger partial charge in [0.15, 0.2) is 0 Å². The number of aryl methyl sites for hydroxylation is 1. The summed E-state index contributed by atoms with van der Waals surface area (Å²) in [4.78, 5) is 22.3. The number of nitrogens with zero attached hydrogens (tertiary/aromatic N) is 4. The van der Waals surface area contributed by atoms with E-state index in [1.165, 1.54) is 0 Å². The normalized spacial score (nSPS) is 15.2. The third-order valence-electron chi connectivity index (χ3n) is 4.99. The Labute approximate surface area is 157 Å². The second-order valence-electron chi connectivity index (χ2n) is 6.87. The number of nitrogens with two attached hydrogens (primary N) is 1. The zero-order valence-electron chi connectivity index (χ0n) is 15.3. The molecule has 0 atom stereocenters. The molecule has 0 unspecified atom stereocenters. The molecule has 1 saturated heterocycles. The van der Waals surface area contributed by atoms with Crippen LogP contribution in [0, 0.1) is 6.92 Å². The minimum absolute atomic E-state index is 0.156. The molecule has 2 aromatic heterocycles. The molecule has 3 aromatic rings. The van der Waals surface area contributed by atoms with Crippen molar-refractivity contribution >= 4 is 22.6 Å². The predicted molar refractivity (Wildman–Crippen MR) is 104 cm³/mol. The molecule has 1 amide bonds. The van der Waals surface area contributed by atoms with Gasteiger partial charge in [0.05, 0.1) is 11.2 Å². The first kappa shape index (κ1) is 17.3. The van der Waals surface area contributed by atoms with Crippen molar-refractivity contribution < 1.29 is 9.53 Å². The van der Waals surface area contributed by atoms with E-state index >= 15 is 0 Å². The standard InChI is InChI=1S/C20H23N5O2/c1-14-20(23-9-8-22-14)24-10-5-15(6-11-24)27-18-4-2-3-17-16(18)7-12-25(17)13-19(21)26/h2-4,7-9,12,15H,5-6,10-11,13H2,1H3,(H2,21,26). The summed E-state index contributed by atoms with van der Waals surface area (Å²) >= 11 is 0. The fraction of sp³-hybridized carbons (Fsp3) is 0.350. The number of amides is 1. The van der Waals surface area contributed by atoms with Crippen LogP contribution in [0.5, 0.6) is 5.75 Å². The van der Waals surface area contributed by atoms with Crippen LogP contribution in [0.15, 0.2) is 42.9 Å². The first-order valence-electron chi connectivity index (χ1n) is 9.17. The molecule has 4 rings (SSSR count). The van der Waals surface area contributed by atoms with Crippen molar-refractivity contribution in [2.45, 2.75) is 32.4 Å². The molecule has 2 N–H and O–H groups in total. The highest BCUT2D eigenvalue weighted by Crippen LogP contribution is 2.30. The summed E-state index contributed by atoms with van der Waals surface area (Å²) < 4.78 is 8.16. The van der Waals surface area contributed by atoms with Crippen LogP contribution in [-0.4, -0.2) is 39.6 Å². The number of rotatable bonds is 5. The maximum atomic E-state index is 11.2. The monoisotopic (exact) mass is 365 g/mol. The van der Waals surface area contributed by atoms with E-state index in [9.17, 15) is 4.79 Å². The molecule has 1 aromatic carbocycles. The number of fused-ring (bicyclic) bond motifs is 1. The van der Waals surface area contributed by atoms with Gasteiger partial charge in [0.1, 0.15) is 24.2 Å². The number of ether oxygens (including phenoxy) is 1. The van der Waals surface area contributed by atoms with Crippen molar-refractivity contribution in [1.29, 1.82) is 0 Å². The summed E-state index contributed by atoms with van der Waals surface area (Å²) in [6.07, 6.45) is 7.34. The number of hydrogen-bond acceptors (Lipinski definition) is 5. The van der Waals surface area contributed by atoms with Gasteiger partial charge >= 0.3 is 0 Å². The quantitative estimate of drug-likeness (QED) is 0.750. The van der Waals surface area contributed by atoms with Gasteiger partial charge in [-0.2, -0.15) is 0 Å². The van der Waals surface area contributed by atoms with Crippen LogP contribution in [0.3, 0.4) is 0 Å². The van der Waals surface area contributed by atoms with Gasteiger partial charge in [-0.15, -0.1) is 0 Å². The number of benzene rings is 1. The molecule has 7 heteroatoms. The maximum absolute atomic E-state index is 11.2. The van der Waals surface area contributed by atoms with Crippen LogP contribution in [0.1, 0.15) is 18.5 Å². The largest absolute Gasteiger partial charge is 0.490 e. The minimum atomic E-state index is -0.356. The summed E-state index contributed by atoms with van der Waals surface area (Å²) in [6.45, 7) is 3.94. The molecule has 140 valence electrons. The molecule has 0 aliphatic carbocycles. The van der Waals surface area contributed by atoms with Gasteiger partial charge in [0, 0.05) is 49.9 Å². The third-order valence-corrected chi connectivity index (χ3v) is 4.99. The van der Waals surface area contributed by atoms with Crippen molar-refractivity contribution in [1.82, 2.24) is 14.5 Å². The fourth-order valence-corrected chi connectivity index (χ4v) is 3.68. The van der Waals surface area contributed by atoms with E-state index in [0.717, 1.165) is 54.1 Å². The van der Waals surface area contributed by atoms with E-state index in [0.29, 0.717) is 0 Å². The van der Waals surface area contributed by atoms with Crippen molar-refractivity contribution in [3.8, 4) is 5.75 Å². The van der Waals surface area contributed by atoms with E-state index in [1.807, 2.05) is 42.0 Å². The zero-order chi connectivity index (χ0) is 18.8. The van der Waals surface area contributed by atoms with Gasteiger partial charge in [-0.3, -0.25) is 9.78 Å². The Morgan fingerprint density at radius 3 is 2.74 bits per heavy atom. The van der Waals surface area contributed by atoms with E-state index < -0.39 is 0 Å². The summed E-state index contributed by atoms with van der Waals surface area (Å²) in [5.41, 5.74) is 7.24. The number of hydrogen-bond donors (Lipinski definition) is 1. The topological polar surface area (TPSA) is 86.3 Å². The number of piperidine rings is 1. The van der Waals surface area contributed by atoms with E-state index in [-0.39, 0.29) is 18.6 Å². The summed E-state index contributed by atoms with van der Waals surface area (Å²) in [5.74, 6) is 1.46. The number of aromatic nitrogens is 3. The van der Waals surface area contributed by atoms with Crippen molar-refractivity contribution in [2.24, 2.45) is 5.73 Å². The molecule has 0 saturated carbocycles. The average molecular weight is 365 g/mol. The molecule has 1 aliphatic heterocycles. The Morgan fingerprint density at radius 2 is 2.00 bits per heavy atom. The molecule has 1 fully saturated rings. The summed E-state index contributed by atoms with van der Waals surface area (Å²) in [6, 6.07) is 7.89. The van der Waals surface area contributed by atoms with Gasteiger partial charge < -0.3 is 19.9 Å². The van der Waals surface area contributed by atoms with E-state index in [2.05, 4.69) is 14.9 Å². The lowest BCUT2D eigenvalue weighted by molar-refractivity contribution is -0.118. The Bertz CT molecular complexity index is 960. The SMILES string of the molecule is Cc1nccnc1N1CCC(Oc2cccc3c2ccn3CC(N)=O)CC1.